The predicted molar refractivity (Wildman–Crippen MR) is 90.3 cm³/mol. The van der Waals surface area contributed by atoms with E-state index in [1.807, 2.05) is 12.1 Å². The van der Waals surface area contributed by atoms with Crippen molar-refractivity contribution in [2.24, 2.45) is 22.5 Å². The number of nitrogens with zero attached hydrogens (tertiary/aromatic N) is 3. The van der Waals surface area contributed by atoms with Gasteiger partial charge in [0.1, 0.15) is 5.82 Å². The Bertz CT molecular complexity index is 821. The zero-order valence-electron chi connectivity index (χ0n) is 13.2. The summed E-state index contributed by atoms with van der Waals surface area (Å²) < 4.78 is 0. The van der Waals surface area contributed by atoms with Crippen LogP contribution in [0.25, 0.3) is 11.0 Å². The number of carbonyl (C=O) groups is 1. The van der Waals surface area contributed by atoms with Gasteiger partial charge in [-0.2, -0.15) is 0 Å². The van der Waals surface area contributed by atoms with E-state index < -0.39 is 5.41 Å². The average Bonchev–Trinajstić information content (AvgIpc) is 2.83. The summed E-state index contributed by atoms with van der Waals surface area (Å²) in [4.78, 5) is 23.3. The van der Waals surface area contributed by atoms with Crippen LogP contribution in [-0.4, -0.2) is 29.0 Å². The first-order valence-corrected chi connectivity index (χ1v) is 8.17. The Morgan fingerprint density at radius 2 is 2.17 bits per heavy atom. The van der Waals surface area contributed by atoms with Gasteiger partial charge in [0.15, 0.2) is 0 Å². The van der Waals surface area contributed by atoms with E-state index in [0.717, 1.165) is 29.8 Å². The Hall–Kier alpha value is -1.88. The molecule has 5 nitrogen and oxygen atoms in total. The van der Waals surface area contributed by atoms with Crippen molar-refractivity contribution in [2.75, 3.05) is 18.0 Å². The maximum Gasteiger partial charge on any atom is 0.225 e. The quantitative estimate of drug-likeness (QED) is 0.918. The van der Waals surface area contributed by atoms with E-state index in [1.54, 1.807) is 12.3 Å². The molecule has 0 bridgehead atoms. The van der Waals surface area contributed by atoms with Crippen molar-refractivity contribution in [1.82, 2.24) is 9.97 Å². The van der Waals surface area contributed by atoms with Crippen molar-refractivity contribution in [3.63, 3.8) is 0 Å². The minimum atomic E-state index is -0.417. The highest BCUT2D eigenvalue weighted by Crippen LogP contribution is 2.62. The second-order valence-corrected chi connectivity index (χ2v) is 7.92. The molecule has 1 saturated carbocycles. The molecule has 1 aliphatic carbocycles. The fourth-order valence-corrected chi connectivity index (χ4v) is 4.69. The van der Waals surface area contributed by atoms with Gasteiger partial charge in [-0.15, -0.1) is 0 Å². The van der Waals surface area contributed by atoms with Crippen molar-refractivity contribution in [3.05, 3.63) is 29.4 Å². The largest absolute Gasteiger partial charge is 0.369 e. The van der Waals surface area contributed by atoms with Crippen LogP contribution in [0.2, 0.25) is 5.02 Å². The maximum atomic E-state index is 12.0. The van der Waals surface area contributed by atoms with Gasteiger partial charge in [0.05, 0.1) is 22.6 Å². The van der Waals surface area contributed by atoms with Gasteiger partial charge in [-0.05, 0) is 36.0 Å². The number of amides is 1. The van der Waals surface area contributed by atoms with E-state index in [9.17, 15) is 4.79 Å². The molecule has 6 heteroatoms. The zero-order valence-corrected chi connectivity index (χ0v) is 14.0. The van der Waals surface area contributed by atoms with Crippen LogP contribution in [0.1, 0.15) is 20.3 Å². The second kappa shape index (κ2) is 4.57. The number of rotatable bonds is 2. The molecule has 0 unspecified atom stereocenters. The molecule has 23 heavy (non-hydrogen) atoms. The van der Waals surface area contributed by atoms with E-state index in [1.165, 1.54) is 0 Å². The molecule has 1 amide bonds. The van der Waals surface area contributed by atoms with Crippen LogP contribution in [0.4, 0.5) is 5.82 Å². The van der Waals surface area contributed by atoms with Gasteiger partial charge in [-0.25, -0.2) is 4.98 Å². The summed E-state index contributed by atoms with van der Waals surface area (Å²) in [6.07, 6.45) is 2.60. The number of aromatic nitrogens is 2. The summed E-state index contributed by atoms with van der Waals surface area (Å²) in [6.45, 7) is 5.83. The molecule has 2 fully saturated rings. The highest BCUT2D eigenvalue weighted by molar-refractivity contribution is 6.31. The number of carbonyl (C=O) groups excluding carboxylic acids is 1. The van der Waals surface area contributed by atoms with Gasteiger partial charge < -0.3 is 10.6 Å². The van der Waals surface area contributed by atoms with E-state index >= 15 is 0 Å². The monoisotopic (exact) mass is 330 g/mol. The van der Waals surface area contributed by atoms with Gasteiger partial charge in [-0.1, -0.05) is 25.4 Å². The van der Waals surface area contributed by atoms with Crippen molar-refractivity contribution in [3.8, 4) is 0 Å². The number of hydrogen-bond donors (Lipinski definition) is 1. The first kappa shape index (κ1) is 14.7. The molecule has 2 aliphatic rings. The Morgan fingerprint density at radius 3 is 2.83 bits per heavy atom. The Kier molecular flexibility index (Phi) is 2.92. The molecule has 2 N–H and O–H groups in total. The molecule has 2 aromatic rings. The number of halogens is 1. The van der Waals surface area contributed by atoms with Crippen molar-refractivity contribution in [2.45, 2.75) is 20.3 Å². The third-order valence-corrected chi connectivity index (χ3v) is 5.80. The van der Waals surface area contributed by atoms with Crippen molar-refractivity contribution >= 4 is 34.4 Å². The van der Waals surface area contributed by atoms with Gasteiger partial charge in [0.2, 0.25) is 5.91 Å². The third kappa shape index (κ3) is 2.02. The standard InChI is InChI=1S/C17H19ClN4O/c1-16(2)8-17(15(19)23)9-22(7-13(16)17)14-6-20-12-5-10(18)3-4-11(12)21-14/h3-6,13H,7-9H2,1-2H3,(H2,19,23)/t13-,17+/m1/s1. The van der Waals surface area contributed by atoms with Crippen molar-refractivity contribution in [1.29, 1.82) is 0 Å². The summed E-state index contributed by atoms with van der Waals surface area (Å²) in [6, 6.07) is 5.48. The number of hydrogen-bond acceptors (Lipinski definition) is 4. The lowest BCUT2D eigenvalue weighted by Gasteiger charge is -2.54. The zero-order chi connectivity index (χ0) is 16.4. The normalized spacial score (nSPS) is 28.5. The van der Waals surface area contributed by atoms with Crippen LogP contribution in [-0.2, 0) is 4.79 Å². The van der Waals surface area contributed by atoms with Crippen LogP contribution in [0.5, 0.6) is 0 Å². The van der Waals surface area contributed by atoms with Gasteiger partial charge in [0, 0.05) is 18.1 Å². The van der Waals surface area contributed by atoms with Crippen LogP contribution in [0.3, 0.4) is 0 Å². The molecule has 1 aliphatic heterocycles. The highest BCUT2D eigenvalue weighted by atomic mass is 35.5. The van der Waals surface area contributed by atoms with Crippen LogP contribution < -0.4 is 10.6 Å². The van der Waals surface area contributed by atoms with Gasteiger partial charge >= 0.3 is 0 Å². The molecule has 0 spiro atoms. The van der Waals surface area contributed by atoms with Gasteiger partial charge in [0.25, 0.3) is 0 Å². The predicted octanol–water partition coefficient (Wildman–Crippen LogP) is 2.62. The molecule has 0 radical (unpaired) electrons. The van der Waals surface area contributed by atoms with E-state index in [-0.39, 0.29) is 17.2 Å². The van der Waals surface area contributed by atoms with E-state index in [2.05, 4.69) is 28.7 Å². The lowest BCUT2D eigenvalue weighted by atomic mass is 9.48. The number of benzene rings is 1. The molecular weight excluding hydrogens is 312 g/mol. The summed E-state index contributed by atoms with van der Waals surface area (Å²) in [5, 5.41) is 0.646. The SMILES string of the molecule is CC1(C)C[C@]2(C(N)=O)CN(c3cnc4cc(Cl)ccc4n3)C[C@H]12. The second-order valence-electron chi connectivity index (χ2n) is 7.48. The van der Waals surface area contributed by atoms with Crippen LogP contribution in [0, 0.1) is 16.7 Å². The third-order valence-electron chi connectivity index (χ3n) is 5.56. The first-order valence-electron chi connectivity index (χ1n) is 7.79. The van der Waals surface area contributed by atoms with Crippen LogP contribution in [0.15, 0.2) is 24.4 Å². The molecular formula is C17H19ClN4O. The summed E-state index contributed by atoms with van der Waals surface area (Å²) in [7, 11) is 0. The fourth-order valence-electron chi connectivity index (χ4n) is 4.53. The Balaban J connectivity index is 1.70. The fraction of sp³-hybridized carbons (Fsp3) is 0.471. The minimum Gasteiger partial charge on any atom is -0.369 e. The smallest absolute Gasteiger partial charge is 0.225 e. The number of anilines is 1. The summed E-state index contributed by atoms with van der Waals surface area (Å²) >= 11 is 5.99. The summed E-state index contributed by atoms with van der Waals surface area (Å²) in [5.74, 6) is 0.880. The first-order chi connectivity index (χ1) is 10.8. The van der Waals surface area contributed by atoms with E-state index in [4.69, 9.17) is 17.3 Å². The van der Waals surface area contributed by atoms with Crippen LogP contribution >= 0.6 is 11.6 Å². The van der Waals surface area contributed by atoms with Gasteiger partial charge in [-0.3, -0.25) is 9.78 Å². The average molecular weight is 331 g/mol. The maximum absolute atomic E-state index is 12.0. The lowest BCUT2D eigenvalue weighted by molar-refractivity contribution is -0.148. The highest BCUT2D eigenvalue weighted by Gasteiger charge is 2.66. The molecule has 4 rings (SSSR count). The Morgan fingerprint density at radius 1 is 1.39 bits per heavy atom. The topological polar surface area (TPSA) is 72.1 Å². The summed E-state index contributed by atoms with van der Waals surface area (Å²) in [5.41, 5.74) is 7.03. The molecule has 1 saturated heterocycles. The Labute approximate surface area is 139 Å². The van der Waals surface area contributed by atoms with E-state index in [0.29, 0.717) is 11.6 Å². The molecule has 2 heterocycles. The lowest BCUT2D eigenvalue weighted by Crippen LogP contribution is -2.59. The molecule has 1 aromatic heterocycles. The molecule has 120 valence electrons. The number of nitrogens with two attached hydrogens (primary N) is 1. The minimum absolute atomic E-state index is 0.140. The molecule has 1 aromatic carbocycles. The van der Waals surface area contributed by atoms with Crippen molar-refractivity contribution < 1.29 is 4.79 Å². The number of primary amides is 1. The number of fused-ring (bicyclic) bond motifs is 2. The molecule has 2 atom stereocenters.